The summed E-state index contributed by atoms with van der Waals surface area (Å²) in [4.78, 5) is 23.1. The number of benzene rings is 2. The molecule has 2 aromatic rings. The van der Waals surface area contributed by atoms with Crippen molar-refractivity contribution in [1.29, 1.82) is 5.26 Å². The smallest absolute Gasteiger partial charge is 0.341 e. The summed E-state index contributed by atoms with van der Waals surface area (Å²) in [6.07, 6.45) is 1.45. The Morgan fingerprint density at radius 1 is 1.17 bits per heavy atom. The molecule has 0 radical (unpaired) electrons. The van der Waals surface area contributed by atoms with E-state index in [0.717, 1.165) is 5.56 Å². The number of aliphatic carboxylic acids is 1. The van der Waals surface area contributed by atoms with Crippen LogP contribution < -0.4 is 19.5 Å². The summed E-state index contributed by atoms with van der Waals surface area (Å²) in [6.45, 7) is -0.281. The molecule has 0 fully saturated rings. The molecule has 0 unspecified atom stereocenters. The normalized spacial score (nSPS) is 10.7. The molecule has 2 rings (SSSR count). The minimum absolute atomic E-state index is 0.0718. The predicted molar refractivity (Wildman–Crippen MR) is 117 cm³/mol. The Morgan fingerprint density at radius 2 is 1.93 bits per heavy atom. The molecular formula is C21H19IN2O6. The van der Waals surface area contributed by atoms with Gasteiger partial charge in [-0.3, -0.25) is 4.79 Å². The van der Waals surface area contributed by atoms with E-state index in [4.69, 9.17) is 19.3 Å². The lowest BCUT2D eigenvalue weighted by molar-refractivity contribution is -0.139. The number of nitriles is 1. The minimum Gasteiger partial charge on any atom is -0.497 e. The number of carbonyl (C=O) groups excluding carboxylic acids is 1. The van der Waals surface area contributed by atoms with Gasteiger partial charge in [0, 0.05) is 18.2 Å². The Morgan fingerprint density at radius 3 is 2.53 bits per heavy atom. The second kappa shape index (κ2) is 11.1. The molecular weight excluding hydrogens is 503 g/mol. The van der Waals surface area contributed by atoms with Crippen molar-refractivity contribution >= 4 is 40.5 Å². The fraction of sp³-hybridized carbons (Fsp3) is 0.190. The second-order valence-corrected chi connectivity index (χ2v) is 7.06. The molecule has 0 saturated carbocycles. The van der Waals surface area contributed by atoms with Gasteiger partial charge in [0.1, 0.15) is 28.9 Å². The van der Waals surface area contributed by atoms with Gasteiger partial charge in [-0.15, -0.1) is 0 Å². The predicted octanol–water partition coefficient (Wildman–Crippen LogP) is 3.00. The van der Waals surface area contributed by atoms with Gasteiger partial charge in [0.05, 0.1) is 17.8 Å². The zero-order valence-corrected chi connectivity index (χ0v) is 18.4. The molecule has 30 heavy (non-hydrogen) atoms. The van der Waals surface area contributed by atoms with Crippen molar-refractivity contribution in [2.24, 2.45) is 0 Å². The van der Waals surface area contributed by atoms with Crippen LogP contribution in [-0.2, 0) is 16.1 Å². The number of carbonyl (C=O) groups is 2. The van der Waals surface area contributed by atoms with Crippen LogP contribution in [0.15, 0.2) is 42.0 Å². The Balaban J connectivity index is 2.11. The van der Waals surface area contributed by atoms with E-state index in [1.165, 1.54) is 13.2 Å². The molecule has 2 N–H and O–H groups in total. The van der Waals surface area contributed by atoms with Crippen LogP contribution in [0.5, 0.6) is 17.2 Å². The molecule has 0 saturated heterocycles. The van der Waals surface area contributed by atoms with Gasteiger partial charge in [-0.05, 0) is 58.5 Å². The third-order valence-corrected chi connectivity index (χ3v) is 4.76. The van der Waals surface area contributed by atoms with Crippen molar-refractivity contribution in [3.8, 4) is 23.3 Å². The maximum Gasteiger partial charge on any atom is 0.341 e. The Hall–Kier alpha value is -3.26. The lowest BCUT2D eigenvalue weighted by Crippen LogP contribution is -2.24. The molecule has 2 aromatic carbocycles. The maximum absolute atomic E-state index is 12.4. The molecule has 8 nitrogen and oxygen atoms in total. The van der Waals surface area contributed by atoms with Crippen molar-refractivity contribution in [2.45, 2.75) is 6.54 Å². The van der Waals surface area contributed by atoms with Gasteiger partial charge >= 0.3 is 5.97 Å². The first-order chi connectivity index (χ1) is 14.4. The van der Waals surface area contributed by atoms with Crippen molar-refractivity contribution < 1.29 is 28.9 Å². The highest BCUT2D eigenvalue weighted by Crippen LogP contribution is 2.25. The molecule has 0 aliphatic rings. The number of hydrogen-bond acceptors (Lipinski definition) is 6. The molecule has 0 heterocycles. The summed E-state index contributed by atoms with van der Waals surface area (Å²) in [5, 5.41) is 20.8. The monoisotopic (exact) mass is 522 g/mol. The van der Waals surface area contributed by atoms with E-state index in [2.05, 4.69) is 5.32 Å². The SMILES string of the molecule is COc1ccc(CNC(=O)/C(C#N)=C/c2ccc(OCC(=O)O)c(I)c2)c(OC)c1. The standard InChI is InChI=1S/C21H19IN2O6/c1-28-16-5-4-14(19(9-16)29-2)11-24-21(27)15(10-23)7-13-3-6-18(17(22)8-13)30-12-20(25)26/h3-9H,11-12H2,1-2H3,(H,24,27)(H,25,26)/b15-7+. The number of methoxy groups -OCH3 is 2. The lowest BCUT2D eigenvalue weighted by atomic mass is 10.1. The summed E-state index contributed by atoms with van der Waals surface area (Å²) in [7, 11) is 3.07. The van der Waals surface area contributed by atoms with Crippen LogP contribution in [0.4, 0.5) is 0 Å². The van der Waals surface area contributed by atoms with Crippen molar-refractivity contribution in [1.82, 2.24) is 5.32 Å². The molecule has 156 valence electrons. The van der Waals surface area contributed by atoms with Crippen LogP contribution >= 0.6 is 22.6 Å². The van der Waals surface area contributed by atoms with Crippen LogP contribution in [0, 0.1) is 14.9 Å². The molecule has 1 amide bonds. The largest absolute Gasteiger partial charge is 0.497 e. The number of carboxylic acids is 1. The van der Waals surface area contributed by atoms with Gasteiger partial charge in [-0.2, -0.15) is 5.26 Å². The van der Waals surface area contributed by atoms with E-state index in [-0.39, 0.29) is 12.1 Å². The number of nitrogens with zero attached hydrogens (tertiary/aromatic N) is 1. The molecule has 0 atom stereocenters. The Labute approximate surface area is 187 Å². The fourth-order valence-electron chi connectivity index (χ4n) is 2.45. The average Bonchev–Trinajstić information content (AvgIpc) is 2.74. The van der Waals surface area contributed by atoms with Gasteiger partial charge in [0.15, 0.2) is 6.61 Å². The molecule has 0 spiro atoms. The number of halogens is 1. The summed E-state index contributed by atoms with van der Waals surface area (Å²) >= 11 is 1.99. The van der Waals surface area contributed by atoms with Crippen LogP contribution in [0.2, 0.25) is 0 Å². The number of rotatable bonds is 9. The van der Waals surface area contributed by atoms with E-state index in [0.29, 0.717) is 26.4 Å². The molecule has 0 bridgehead atoms. The highest BCUT2D eigenvalue weighted by atomic mass is 127. The molecule has 0 aliphatic carbocycles. The third kappa shape index (κ3) is 6.38. The van der Waals surface area contributed by atoms with Crippen LogP contribution in [0.3, 0.4) is 0 Å². The van der Waals surface area contributed by atoms with Gasteiger partial charge in [0.25, 0.3) is 5.91 Å². The van der Waals surface area contributed by atoms with Crippen LogP contribution in [-0.4, -0.2) is 37.8 Å². The second-order valence-electron chi connectivity index (χ2n) is 5.90. The first-order valence-electron chi connectivity index (χ1n) is 8.63. The summed E-state index contributed by atoms with van der Waals surface area (Å²) < 4.78 is 16.3. The number of amides is 1. The molecule has 9 heteroatoms. The number of nitrogens with one attached hydrogen (secondary N) is 1. The van der Waals surface area contributed by atoms with Crippen LogP contribution in [0.25, 0.3) is 6.08 Å². The van der Waals surface area contributed by atoms with Crippen LogP contribution in [0.1, 0.15) is 11.1 Å². The first-order valence-corrected chi connectivity index (χ1v) is 9.70. The topological polar surface area (TPSA) is 118 Å². The van der Waals surface area contributed by atoms with Gasteiger partial charge in [-0.25, -0.2) is 4.79 Å². The third-order valence-electron chi connectivity index (χ3n) is 3.92. The van der Waals surface area contributed by atoms with E-state index in [1.54, 1.807) is 43.5 Å². The van der Waals surface area contributed by atoms with Gasteiger partial charge < -0.3 is 24.6 Å². The minimum atomic E-state index is -1.08. The van der Waals surface area contributed by atoms with Gasteiger partial charge in [0.2, 0.25) is 0 Å². The van der Waals surface area contributed by atoms with Crippen molar-refractivity contribution in [2.75, 3.05) is 20.8 Å². The quantitative estimate of drug-likeness (QED) is 0.296. The van der Waals surface area contributed by atoms with E-state index in [9.17, 15) is 14.9 Å². The zero-order chi connectivity index (χ0) is 22.1. The maximum atomic E-state index is 12.4. The van der Waals surface area contributed by atoms with E-state index >= 15 is 0 Å². The Kier molecular flexibility index (Phi) is 8.49. The van der Waals surface area contributed by atoms with Crippen molar-refractivity contribution in [3.63, 3.8) is 0 Å². The lowest BCUT2D eigenvalue weighted by Gasteiger charge is -2.11. The Bertz CT molecular complexity index is 1010. The average molecular weight is 522 g/mol. The molecule has 0 aromatic heterocycles. The number of hydrogen-bond donors (Lipinski definition) is 2. The summed E-state index contributed by atoms with van der Waals surface area (Å²) in [5.41, 5.74) is 1.27. The van der Waals surface area contributed by atoms with E-state index < -0.39 is 18.5 Å². The number of carboxylic acid groups (broad SMARTS) is 1. The fourth-order valence-corrected chi connectivity index (χ4v) is 3.14. The number of ether oxygens (including phenoxy) is 3. The van der Waals surface area contributed by atoms with E-state index in [1.807, 2.05) is 28.7 Å². The van der Waals surface area contributed by atoms with Gasteiger partial charge in [-0.1, -0.05) is 6.07 Å². The molecule has 0 aliphatic heterocycles. The first kappa shape index (κ1) is 23.0. The zero-order valence-electron chi connectivity index (χ0n) is 16.3. The summed E-state index contributed by atoms with van der Waals surface area (Å²) in [5.74, 6) is -0.0124. The highest BCUT2D eigenvalue weighted by Gasteiger charge is 2.12. The highest BCUT2D eigenvalue weighted by molar-refractivity contribution is 14.1. The summed E-state index contributed by atoms with van der Waals surface area (Å²) in [6, 6.07) is 12.0. The van der Waals surface area contributed by atoms with Crippen molar-refractivity contribution in [3.05, 3.63) is 56.7 Å².